The first kappa shape index (κ1) is 19.4. The summed E-state index contributed by atoms with van der Waals surface area (Å²) in [6, 6.07) is 1.74. The van der Waals surface area contributed by atoms with Crippen LogP contribution in [0, 0.1) is 11.3 Å². The number of nitrogens with zero attached hydrogens (tertiary/aromatic N) is 2. The van der Waals surface area contributed by atoms with E-state index in [2.05, 4.69) is 53.8 Å². The number of rotatable bonds is 5. The van der Waals surface area contributed by atoms with Gasteiger partial charge >= 0.3 is 0 Å². The lowest BCUT2D eigenvalue weighted by Gasteiger charge is -2.34. The Balaban J connectivity index is 2.53. The van der Waals surface area contributed by atoms with Gasteiger partial charge in [0.25, 0.3) is 0 Å². The maximum Gasteiger partial charge on any atom is 0.157 e. The number of anilines is 1. The molecule has 0 saturated carbocycles. The first-order chi connectivity index (χ1) is 10.9. The number of pyridine rings is 1. The zero-order valence-electron chi connectivity index (χ0n) is 15.8. The van der Waals surface area contributed by atoms with Gasteiger partial charge in [0.15, 0.2) is 5.65 Å². The first-order valence-corrected chi connectivity index (χ1v) is 9.28. The smallest absolute Gasteiger partial charge is 0.157 e. The Hall–Kier alpha value is -0.930. The summed E-state index contributed by atoms with van der Waals surface area (Å²) in [6.45, 7) is 15.6. The molecule has 5 heteroatoms. The number of halogens is 2. The highest BCUT2D eigenvalue weighted by Gasteiger charge is 2.28. The second-order valence-corrected chi connectivity index (χ2v) is 9.79. The Morgan fingerprint density at radius 2 is 1.79 bits per heavy atom. The Morgan fingerprint density at radius 1 is 1.17 bits per heavy atom. The molecule has 0 aliphatic heterocycles. The lowest BCUT2D eigenvalue weighted by atomic mass is 9.82. The third-order valence-corrected chi connectivity index (χ3v) is 4.23. The molecule has 0 aliphatic carbocycles. The molecule has 2 aromatic rings. The van der Waals surface area contributed by atoms with Crippen molar-refractivity contribution in [2.45, 2.75) is 66.8 Å². The van der Waals surface area contributed by atoms with Crippen molar-refractivity contribution in [1.82, 2.24) is 9.38 Å². The standard InChI is InChI=1S/C19H29Cl2N3/c1-12(2)8-15-17(23-19(6,7)11-18(3,4)5)24-10-13(20)9-14(21)16(24)22-15/h9-10,12,23H,8,11H2,1-7H3. The minimum atomic E-state index is -0.0747. The first-order valence-electron chi connectivity index (χ1n) is 8.52. The lowest BCUT2D eigenvalue weighted by molar-refractivity contribution is 0.301. The fourth-order valence-electron chi connectivity index (χ4n) is 3.47. The van der Waals surface area contributed by atoms with Gasteiger partial charge in [0.1, 0.15) is 5.82 Å². The third-order valence-electron chi connectivity index (χ3n) is 3.74. The lowest BCUT2D eigenvalue weighted by Crippen LogP contribution is -2.36. The van der Waals surface area contributed by atoms with Crippen LogP contribution in [0.15, 0.2) is 12.3 Å². The quantitative estimate of drug-likeness (QED) is 0.654. The van der Waals surface area contributed by atoms with Gasteiger partial charge in [-0.3, -0.25) is 4.40 Å². The van der Waals surface area contributed by atoms with Crippen LogP contribution >= 0.6 is 23.2 Å². The third kappa shape index (κ3) is 4.80. The van der Waals surface area contributed by atoms with Gasteiger partial charge in [-0.25, -0.2) is 4.98 Å². The monoisotopic (exact) mass is 369 g/mol. The average molecular weight is 370 g/mol. The largest absolute Gasteiger partial charge is 0.365 e. The van der Waals surface area contributed by atoms with Crippen molar-refractivity contribution in [1.29, 1.82) is 0 Å². The summed E-state index contributed by atoms with van der Waals surface area (Å²) in [5, 5.41) is 4.90. The van der Waals surface area contributed by atoms with E-state index in [0.717, 1.165) is 30.0 Å². The van der Waals surface area contributed by atoms with Gasteiger partial charge in [-0.2, -0.15) is 0 Å². The van der Waals surface area contributed by atoms with Gasteiger partial charge < -0.3 is 5.32 Å². The van der Waals surface area contributed by atoms with Crippen molar-refractivity contribution >= 4 is 34.7 Å². The maximum atomic E-state index is 6.37. The van der Waals surface area contributed by atoms with Crippen LogP contribution < -0.4 is 5.32 Å². The van der Waals surface area contributed by atoms with Gasteiger partial charge in [-0.15, -0.1) is 0 Å². The molecule has 2 rings (SSSR count). The SMILES string of the molecule is CC(C)Cc1nc2c(Cl)cc(Cl)cn2c1NC(C)(C)CC(C)(C)C. The second kappa shape index (κ2) is 6.76. The normalized spacial score (nSPS) is 13.1. The molecule has 1 N–H and O–H groups in total. The maximum absolute atomic E-state index is 6.37. The van der Waals surface area contributed by atoms with Gasteiger partial charge in [0.05, 0.1) is 15.7 Å². The van der Waals surface area contributed by atoms with E-state index in [-0.39, 0.29) is 11.0 Å². The topological polar surface area (TPSA) is 29.3 Å². The van der Waals surface area contributed by atoms with Gasteiger partial charge in [0, 0.05) is 11.7 Å². The van der Waals surface area contributed by atoms with Gasteiger partial charge in [-0.05, 0) is 44.1 Å². The van der Waals surface area contributed by atoms with Crippen molar-refractivity contribution in [2.24, 2.45) is 11.3 Å². The van der Waals surface area contributed by atoms with Crippen molar-refractivity contribution in [3.05, 3.63) is 28.0 Å². The molecule has 2 heterocycles. The van der Waals surface area contributed by atoms with E-state index in [0.29, 0.717) is 16.0 Å². The Kier molecular flexibility index (Phi) is 5.46. The molecule has 2 aromatic heterocycles. The molecule has 0 unspecified atom stereocenters. The Bertz CT molecular complexity index is 724. The Labute approximate surface area is 155 Å². The molecule has 0 spiro atoms. The van der Waals surface area contributed by atoms with Crippen LogP contribution in [-0.4, -0.2) is 14.9 Å². The molecule has 134 valence electrons. The molecular formula is C19H29Cl2N3. The van der Waals surface area contributed by atoms with Crippen LogP contribution in [0.25, 0.3) is 5.65 Å². The van der Waals surface area contributed by atoms with Crippen LogP contribution in [0.5, 0.6) is 0 Å². The fourth-order valence-corrected chi connectivity index (χ4v) is 3.99. The molecule has 24 heavy (non-hydrogen) atoms. The molecule has 0 aliphatic rings. The number of aromatic nitrogens is 2. The molecule has 3 nitrogen and oxygen atoms in total. The highest BCUT2D eigenvalue weighted by molar-refractivity contribution is 6.36. The number of imidazole rings is 1. The van der Waals surface area contributed by atoms with Crippen LogP contribution in [-0.2, 0) is 6.42 Å². The van der Waals surface area contributed by atoms with Crippen LogP contribution in [0.1, 0.15) is 60.6 Å². The van der Waals surface area contributed by atoms with E-state index in [1.807, 2.05) is 10.6 Å². The number of fused-ring (bicyclic) bond motifs is 1. The molecule has 0 amide bonds. The summed E-state index contributed by atoms with van der Waals surface area (Å²) in [5.41, 5.74) is 1.95. The average Bonchev–Trinajstić information content (AvgIpc) is 2.64. The predicted octanol–water partition coefficient (Wildman–Crippen LogP) is 6.47. The fraction of sp³-hybridized carbons (Fsp3) is 0.632. The van der Waals surface area contributed by atoms with E-state index in [1.54, 1.807) is 6.07 Å². The molecule has 0 atom stereocenters. The van der Waals surface area contributed by atoms with Crippen LogP contribution in [0.2, 0.25) is 10.0 Å². The predicted molar refractivity (Wildman–Crippen MR) is 106 cm³/mol. The van der Waals surface area contributed by atoms with Crippen LogP contribution in [0.4, 0.5) is 5.82 Å². The van der Waals surface area contributed by atoms with Gasteiger partial charge in [-0.1, -0.05) is 57.8 Å². The van der Waals surface area contributed by atoms with E-state index in [1.165, 1.54) is 0 Å². The summed E-state index contributed by atoms with van der Waals surface area (Å²) >= 11 is 12.6. The number of nitrogens with one attached hydrogen (secondary N) is 1. The number of hydrogen-bond acceptors (Lipinski definition) is 2. The van der Waals surface area contributed by atoms with Crippen molar-refractivity contribution < 1.29 is 0 Å². The van der Waals surface area contributed by atoms with Crippen molar-refractivity contribution in [3.63, 3.8) is 0 Å². The molecule has 0 saturated heterocycles. The van der Waals surface area contributed by atoms with E-state index < -0.39 is 0 Å². The molecule has 0 radical (unpaired) electrons. The molecule has 0 aromatic carbocycles. The van der Waals surface area contributed by atoms with E-state index >= 15 is 0 Å². The summed E-state index contributed by atoms with van der Waals surface area (Å²) in [6.07, 6.45) is 3.81. The van der Waals surface area contributed by atoms with Crippen LogP contribution in [0.3, 0.4) is 0 Å². The molecule has 0 fully saturated rings. The van der Waals surface area contributed by atoms with E-state index in [4.69, 9.17) is 28.2 Å². The zero-order chi connectivity index (χ0) is 18.3. The second-order valence-electron chi connectivity index (χ2n) is 8.95. The van der Waals surface area contributed by atoms with E-state index in [9.17, 15) is 0 Å². The highest BCUT2D eigenvalue weighted by Crippen LogP contribution is 2.33. The molecule has 0 bridgehead atoms. The zero-order valence-corrected chi connectivity index (χ0v) is 17.3. The van der Waals surface area contributed by atoms with Crippen molar-refractivity contribution in [3.8, 4) is 0 Å². The Morgan fingerprint density at radius 3 is 2.33 bits per heavy atom. The summed E-state index contributed by atoms with van der Waals surface area (Å²) in [7, 11) is 0. The van der Waals surface area contributed by atoms with Crippen molar-refractivity contribution in [2.75, 3.05) is 5.32 Å². The molecular weight excluding hydrogens is 341 g/mol. The van der Waals surface area contributed by atoms with Gasteiger partial charge in [0.2, 0.25) is 0 Å². The highest BCUT2D eigenvalue weighted by atomic mass is 35.5. The minimum absolute atomic E-state index is 0.0747. The number of hydrogen-bond donors (Lipinski definition) is 1. The summed E-state index contributed by atoms with van der Waals surface area (Å²) in [4.78, 5) is 4.78. The summed E-state index contributed by atoms with van der Waals surface area (Å²) < 4.78 is 1.99. The minimum Gasteiger partial charge on any atom is -0.365 e. The summed E-state index contributed by atoms with van der Waals surface area (Å²) in [5.74, 6) is 1.51.